The largest absolute Gasteiger partial charge is 0.481 e. The summed E-state index contributed by atoms with van der Waals surface area (Å²) >= 11 is 3.23. The zero-order valence-electron chi connectivity index (χ0n) is 17.6. The quantitative estimate of drug-likeness (QED) is 0.212. The van der Waals surface area contributed by atoms with E-state index in [0.717, 1.165) is 12.3 Å². The van der Waals surface area contributed by atoms with Gasteiger partial charge in [0.1, 0.15) is 6.61 Å². The van der Waals surface area contributed by atoms with E-state index in [9.17, 15) is 29.8 Å². The van der Waals surface area contributed by atoms with Crippen LogP contribution in [0.2, 0.25) is 0 Å². The maximum absolute atomic E-state index is 12.6. The summed E-state index contributed by atoms with van der Waals surface area (Å²) in [6.07, 6.45) is 1.13. The molecule has 0 saturated carbocycles. The SMILES string of the molecule is O=c1[nH]c2ccccc2c(=O)n1N=Cc1cc(Br)c(OCc2cccc([N+](=O)[O-])c2)c([N+](=O)[O-])c1. The molecule has 4 aromatic rings. The van der Waals surface area contributed by atoms with Gasteiger partial charge in [-0.25, -0.2) is 4.79 Å². The van der Waals surface area contributed by atoms with Crippen LogP contribution in [0.3, 0.4) is 0 Å². The van der Waals surface area contributed by atoms with E-state index in [1.807, 2.05) is 0 Å². The molecule has 0 atom stereocenters. The second-order valence-electron chi connectivity index (χ2n) is 7.16. The van der Waals surface area contributed by atoms with E-state index >= 15 is 0 Å². The van der Waals surface area contributed by atoms with Crippen molar-refractivity contribution < 1.29 is 14.6 Å². The number of benzene rings is 3. The van der Waals surface area contributed by atoms with Gasteiger partial charge in [0.25, 0.3) is 11.2 Å². The highest BCUT2D eigenvalue weighted by Crippen LogP contribution is 2.36. The molecule has 0 bridgehead atoms. The molecule has 1 heterocycles. The maximum atomic E-state index is 12.6. The zero-order valence-corrected chi connectivity index (χ0v) is 19.2. The molecule has 0 spiro atoms. The van der Waals surface area contributed by atoms with Crippen molar-refractivity contribution in [3.8, 4) is 5.75 Å². The van der Waals surface area contributed by atoms with Gasteiger partial charge in [-0.15, -0.1) is 4.68 Å². The minimum Gasteiger partial charge on any atom is -0.481 e. The average Bonchev–Trinajstić information content (AvgIpc) is 2.83. The number of ether oxygens (including phenoxy) is 1. The molecule has 0 fully saturated rings. The molecule has 35 heavy (non-hydrogen) atoms. The number of nitro benzene ring substituents is 2. The lowest BCUT2D eigenvalue weighted by molar-refractivity contribution is -0.386. The maximum Gasteiger partial charge on any atom is 0.349 e. The molecular formula is C22H14BrN5O7. The van der Waals surface area contributed by atoms with Gasteiger partial charge in [0.05, 0.1) is 31.4 Å². The minimum atomic E-state index is -0.768. The van der Waals surface area contributed by atoms with E-state index in [1.165, 1.54) is 30.3 Å². The Morgan fingerprint density at radius 2 is 1.80 bits per heavy atom. The van der Waals surface area contributed by atoms with E-state index in [0.29, 0.717) is 15.8 Å². The number of nitrogens with one attached hydrogen (secondary N) is 1. The molecule has 3 aromatic carbocycles. The van der Waals surface area contributed by atoms with Crippen LogP contribution in [0.25, 0.3) is 10.9 Å². The van der Waals surface area contributed by atoms with Crippen molar-refractivity contribution in [1.29, 1.82) is 0 Å². The lowest BCUT2D eigenvalue weighted by Gasteiger charge is -2.10. The van der Waals surface area contributed by atoms with Crippen LogP contribution < -0.4 is 16.0 Å². The first kappa shape index (κ1) is 23.5. The van der Waals surface area contributed by atoms with Gasteiger partial charge >= 0.3 is 11.4 Å². The molecule has 13 heteroatoms. The predicted octanol–water partition coefficient (Wildman–Crippen LogP) is 3.73. The first-order valence-corrected chi connectivity index (χ1v) is 10.7. The number of fused-ring (bicyclic) bond motifs is 1. The summed E-state index contributed by atoms with van der Waals surface area (Å²) in [5.74, 6) is -0.0978. The molecule has 0 radical (unpaired) electrons. The number of para-hydroxylation sites is 1. The number of non-ortho nitro benzene ring substituents is 1. The molecule has 0 aliphatic heterocycles. The summed E-state index contributed by atoms with van der Waals surface area (Å²) in [7, 11) is 0. The fraction of sp³-hybridized carbons (Fsp3) is 0.0455. The number of aromatic amines is 1. The van der Waals surface area contributed by atoms with Gasteiger partial charge in [-0.05, 0) is 39.7 Å². The van der Waals surface area contributed by atoms with Crippen molar-refractivity contribution in [2.24, 2.45) is 5.10 Å². The Hall–Kier alpha value is -4.65. The predicted molar refractivity (Wildman–Crippen MR) is 130 cm³/mol. The van der Waals surface area contributed by atoms with Crippen molar-refractivity contribution in [2.75, 3.05) is 0 Å². The van der Waals surface area contributed by atoms with E-state index in [1.54, 1.807) is 24.3 Å². The second-order valence-corrected chi connectivity index (χ2v) is 8.02. The summed E-state index contributed by atoms with van der Waals surface area (Å²) < 4.78 is 6.42. The van der Waals surface area contributed by atoms with E-state index in [-0.39, 0.29) is 33.5 Å². The average molecular weight is 540 g/mol. The van der Waals surface area contributed by atoms with Crippen LogP contribution in [-0.2, 0) is 6.61 Å². The number of hydrogen-bond donors (Lipinski definition) is 1. The van der Waals surface area contributed by atoms with Gasteiger partial charge in [0, 0.05) is 23.8 Å². The Kier molecular flexibility index (Phi) is 6.51. The van der Waals surface area contributed by atoms with Crippen LogP contribution in [-0.4, -0.2) is 25.7 Å². The zero-order chi connectivity index (χ0) is 25.1. The molecule has 0 aliphatic carbocycles. The van der Waals surface area contributed by atoms with Crippen molar-refractivity contribution in [1.82, 2.24) is 9.66 Å². The topological polar surface area (TPSA) is 163 Å². The highest BCUT2D eigenvalue weighted by Gasteiger charge is 2.21. The smallest absolute Gasteiger partial charge is 0.349 e. The van der Waals surface area contributed by atoms with Gasteiger partial charge in [-0.1, -0.05) is 24.3 Å². The van der Waals surface area contributed by atoms with Crippen LogP contribution >= 0.6 is 15.9 Å². The molecule has 176 valence electrons. The third-order valence-corrected chi connectivity index (χ3v) is 5.44. The van der Waals surface area contributed by atoms with Crippen LogP contribution in [0.4, 0.5) is 11.4 Å². The Labute approximate surface area is 203 Å². The molecule has 0 amide bonds. The number of aromatic nitrogens is 2. The fourth-order valence-corrected chi connectivity index (χ4v) is 3.83. The van der Waals surface area contributed by atoms with Crippen LogP contribution in [0.5, 0.6) is 5.75 Å². The van der Waals surface area contributed by atoms with Crippen LogP contribution in [0, 0.1) is 20.2 Å². The van der Waals surface area contributed by atoms with Crippen LogP contribution in [0.1, 0.15) is 11.1 Å². The summed E-state index contributed by atoms with van der Waals surface area (Å²) in [6.45, 7) is -0.156. The fourth-order valence-electron chi connectivity index (χ4n) is 3.25. The Bertz CT molecular complexity index is 1630. The number of rotatable bonds is 7. The number of hydrogen-bond acceptors (Lipinski definition) is 8. The number of nitro groups is 2. The van der Waals surface area contributed by atoms with E-state index < -0.39 is 26.8 Å². The molecule has 0 saturated heterocycles. The Morgan fingerprint density at radius 3 is 2.54 bits per heavy atom. The van der Waals surface area contributed by atoms with Gasteiger partial charge in [0.2, 0.25) is 5.75 Å². The molecular weight excluding hydrogens is 526 g/mol. The lowest BCUT2D eigenvalue weighted by atomic mass is 10.2. The highest BCUT2D eigenvalue weighted by atomic mass is 79.9. The first-order valence-electron chi connectivity index (χ1n) is 9.87. The lowest BCUT2D eigenvalue weighted by Crippen LogP contribution is -2.32. The summed E-state index contributed by atoms with van der Waals surface area (Å²) in [5, 5.41) is 26.8. The number of nitrogens with zero attached hydrogens (tertiary/aromatic N) is 4. The number of H-pyrrole nitrogens is 1. The molecule has 0 aliphatic rings. The minimum absolute atomic E-state index is 0.0978. The van der Waals surface area contributed by atoms with Gasteiger partial charge < -0.3 is 9.72 Å². The highest BCUT2D eigenvalue weighted by molar-refractivity contribution is 9.10. The molecule has 4 rings (SSSR count). The van der Waals surface area contributed by atoms with E-state index in [4.69, 9.17) is 4.74 Å². The van der Waals surface area contributed by atoms with Crippen molar-refractivity contribution in [2.45, 2.75) is 6.61 Å². The third-order valence-electron chi connectivity index (χ3n) is 4.85. The monoisotopic (exact) mass is 539 g/mol. The van der Waals surface area contributed by atoms with Crippen molar-refractivity contribution >= 4 is 44.4 Å². The second kappa shape index (κ2) is 9.69. The van der Waals surface area contributed by atoms with E-state index in [2.05, 4.69) is 26.0 Å². The third kappa shape index (κ3) is 4.99. The molecule has 12 nitrogen and oxygen atoms in total. The summed E-state index contributed by atoms with van der Waals surface area (Å²) in [4.78, 5) is 48.8. The Morgan fingerprint density at radius 1 is 1.03 bits per heavy atom. The normalized spacial score (nSPS) is 11.1. The van der Waals surface area contributed by atoms with Gasteiger partial charge in [-0.3, -0.25) is 25.0 Å². The van der Waals surface area contributed by atoms with Crippen molar-refractivity contribution in [3.63, 3.8) is 0 Å². The molecule has 0 unspecified atom stereocenters. The molecule has 1 aromatic heterocycles. The van der Waals surface area contributed by atoms with Gasteiger partial charge in [-0.2, -0.15) is 5.10 Å². The van der Waals surface area contributed by atoms with Gasteiger partial charge in [0.15, 0.2) is 0 Å². The Balaban J connectivity index is 1.66. The molecule has 1 N–H and O–H groups in total. The standard InChI is InChI=1S/C22H14BrN5O7/c23-17-9-14(11-24-26-21(29)16-6-1-2-7-18(16)25-22(26)30)10-19(28(33)34)20(17)35-12-13-4-3-5-15(8-13)27(31)32/h1-11H,12H2,(H,25,30). The van der Waals surface area contributed by atoms with Crippen LogP contribution in [0.15, 0.2) is 79.8 Å². The summed E-state index contributed by atoms with van der Waals surface area (Å²) in [6, 6.07) is 14.8. The van der Waals surface area contributed by atoms with Crippen molar-refractivity contribution in [3.05, 3.63) is 117 Å². The summed E-state index contributed by atoms with van der Waals surface area (Å²) in [5.41, 5.74) is -0.943. The first-order chi connectivity index (χ1) is 16.7. The number of halogens is 1.